The zero-order chi connectivity index (χ0) is 13.8. The second-order valence-corrected chi connectivity index (χ2v) is 4.08. The number of nitrogens with zero attached hydrogens (tertiary/aromatic N) is 1. The molecule has 2 rings (SSSR count). The molecule has 0 unspecified atom stereocenters. The summed E-state index contributed by atoms with van der Waals surface area (Å²) in [5, 5.41) is 14.2. The maximum atomic E-state index is 10.9. The molecule has 0 atom stereocenters. The maximum absolute atomic E-state index is 10.9. The van der Waals surface area contributed by atoms with E-state index in [1.807, 2.05) is 0 Å². The number of furan rings is 1. The number of ether oxygens (including phenoxy) is 1. The lowest BCUT2D eigenvalue weighted by Crippen LogP contribution is -2.00. The lowest BCUT2D eigenvalue weighted by atomic mass is 10.2. The summed E-state index contributed by atoms with van der Waals surface area (Å²) < 4.78 is 10.1. The molecular formula is C12H11ClN2O4. The molecule has 1 heterocycles. The van der Waals surface area contributed by atoms with Crippen molar-refractivity contribution in [2.24, 2.45) is 0 Å². The van der Waals surface area contributed by atoms with Gasteiger partial charge in [0.05, 0.1) is 18.6 Å². The van der Waals surface area contributed by atoms with Crippen molar-refractivity contribution in [3.8, 4) is 5.75 Å². The molecule has 0 saturated heterocycles. The quantitative estimate of drug-likeness (QED) is 0.671. The second kappa shape index (κ2) is 5.62. The van der Waals surface area contributed by atoms with Crippen LogP contribution in [0.3, 0.4) is 0 Å². The standard InChI is InChI=1S/C12H11ClN2O4/c1-18-11-4-2-8(6-10(11)15(16)17)14-7-9-3-5-12(13)19-9/h2-6,14H,7H2,1H3. The van der Waals surface area contributed by atoms with Crippen molar-refractivity contribution in [1.82, 2.24) is 0 Å². The summed E-state index contributed by atoms with van der Waals surface area (Å²) >= 11 is 5.65. The van der Waals surface area contributed by atoms with Gasteiger partial charge in [-0.05, 0) is 35.9 Å². The van der Waals surface area contributed by atoms with Gasteiger partial charge in [-0.25, -0.2) is 0 Å². The van der Waals surface area contributed by atoms with E-state index in [9.17, 15) is 10.1 Å². The van der Waals surface area contributed by atoms with Crippen LogP contribution in [-0.2, 0) is 6.54 Å². The molecule has 2 aromatic rings. The van der Waals surface area contributed by atoms with Gasteiger partial charge in [0.15, 0.2) is 11.0 Å². The van der Waals surface area contributed by atoms with Gasteiger partial charge in [0.1, 0.15) is 5.76 Å². The van der Waals surface area contributed by atoms with Crippen molar-refractivity contribution in [3.05, 3.63) is 51.4 Å². The lowest BCUT2D eigenvalue weighted by molar-refractivity contribution is -0.385. The van der Waals surface area contributed by atoms with E-state index in [1.165, 1.54) is 19.2 Å². The SMILES string of the molecule is COc1ccc(NCc2ccc(Cl)o2)cc1[N+](=O)[O-]. The molecule has 6 nitrogen and oxygen atoms in total. The van der Waals surface area contributed by atoms with E-state index in [0.29, 0.717) is 23.2 Å². The Labute approximate surface area is 114 Å². The average molecular weight is 283 g/mol. The Morgan fingerprint density at radius 3 is 2.79 bits per heavy atom. The first kappa shape index (κ1) is 13.2. The minimum absolute atomic E-state index is 0.0926. The number of hydrogen-bond acceptors (Lipinski definition) is 5. The van der Waals surface area contributed by atoms with E-state index >= 15 is 0 Å². The van der Waals surface area contributed by atoms with Crippen molar-refractivity contribution in [2.75, 3.05) is 12.4 Å². The summed E-state index contributed by atoms with van der Waals surface area (Å²) in [6.45, 7) is 0.385. The highest BCUT2D eigenvalue weighted by molar-refractivity contribution is 6.28. The monoisotopic (exact) mass is 282 g/mol. The van der Waals surface area contributed by atoms with Crippen LogP contribution in [-0.4, -0.2) is 12.0 Å². The number of hydrogen-bond donors (Lipinski definition) is 1. The fourth-order valence-electron chi connectivity index (χ4n) is 1.58. The summed E-state index contributed by atoms with van der Waals surface area (Å²) in [6.07, 6.45) is 0. The smallest absolute Gasteiger partial charge is 0.312 e. The van der Waals surface area contributed by atoms with Crippen LogP contribution in [0, 0.1) is 10.1 Å². The maximum Gasteiger partial charge on any atom is 0.312 e. The highest BCUT2D eigenvalue weighted by Crippen LogP contribution is 2.29. The van der Waals surface area contributed by atoms with Crippen molar-refractivity contribution < 1.29 is 14.1 Å². The van der Waals surface area contributed by atoms with E-state index in [0.717, 1.165) is 0 Å². The molecule has 1 N–H and O–H groups in total. The van der Waals surface area contributed by atoms with Gasteiger partial charge in [0, 0.05) is 11.8 Å². The number of nitro benzene ring substituents is 1. The van der Waals surface area contributed by atoms with Crippen LogP contribution in [0.4, 0.5) is 11.4 Å². The number of nitrogens with one attached hydrogen (secondary N) is 1. The Bertz CT molecular complexity index is 597. The molecule has 0 aliphatic carbocycles. The Hall–Kier alpha value is -2.21. The molecule has 0 saturated carbocycles. The number of rotatable bonds is 5. The van der Waals surface area contributed by atoms with Gasteiger partial charge in [-0.3, -0.25) is 10.1 Å². The third kappa shape index (κ3) is 3.17. The number of benzene rings is 1. The van der Waals surface area contributed by atoms with Gasteiger partial charge in [-0.2, -0.15) is 0 Å². The molecular weight excluding hydrogens is 272 g/mol. The van der Waals surface area contributed by atoms with Gasteiger partial charge in [0.2, 0.25) is 0 Å². The molecule has 19 heavy (non-hydrogen) atoms. The number of anilines is 1. The van der Waals surface area contributed by atoms with Gasteiger partial charge in [-0.15, -0.1) is 0 Å². The first-order valence-corrected chi connectivity index (χ1v) is 5.78. The Kier molecular flexibility index (Phi) is 3.91. The molecule has 0 spiro atoms. The number of nitro groups is 1. The van der Waals surface area contributed by atoms with Crippen LogP contribution in [0.25, 0.3) is 0 Å². The molecule has 0 aliphatic rings. The fourth-order valence-corrected chi connectivity index (χ4v) is 1.74. The molecule has 100 valence electrons. The zero-order valence-electron chi connectivity index (χ0n) is 10.1. The van der Waals surface area contributed by atoms with E-state index in [-0.39, 0.29) is 11.4 Å². The molecule has 1 aromatic carbocycles. The van der Waals surface area contributed by atoms with Crippen LogP contribution < -0.4 is 10.1 Å². The molecule has 0 bridgehead atoms. The van der Waals surface area contributed by atoms with E-state index < -0.39 is 4.92 Å². The first-order chi connectivity index (χ1) is 9.10. The average Bonchev–Trinajstić information content (AvgIpc) is 2.81. The van der Waals surface area contributed by atoms with Crippen LogP contribution in [0.1, 0.15) is 5.76 Å². The normalized spacial score (nSPS) is 10.2. The van der Waals surface area contributed by atoms with Crippen LogP contribution in [0.2, 0.25) is 5.22 Å². The lowest BCUT2D eigenvalue weighted by Gasteiger charge is -2.06. The Morgan fingerprint density at radius 2 is 2.21 bits per heavy atom. The van der Waals surface area contributed by atoms with Crippen LogP contribution >= 0.6 is 11.6 Å². The van der Waals surface area contributed by atoms with Crippen LogP contribution in [0.5, 0.6) is 5.75 Å². The fraction of sp³-hybridized carbons (Fsp3) is 0.167. The summed E-state index contributed by atoms with van der Waals surface area (Å²) in [4.78, 5) is 10.4. The zero-order valence-corrected chi connectivity index (χ0v) is 10.8. The predicted octanol–water partition coefficient (Wildman–Crippen LogP) is 3.46. The highest BCUT2D eigenvalue weighted by Gasteiger charge is 2.15. The topological polar surface area (TPSA) is 77.5 Å². The third-order valence-electron chi connectivity index (χ3n) is 2.47. The van der Waals surface area contributed by atoms with Crippen molar-refractivity contribution in [2.45, 2.75) is 6.54 Å². The van der Waals surface area contributed by atoms with Crippen LogP contribution in [0.15, 0.2) is 34.7 Å². The first-order valence-electron chi connectivity index (χ1n) is 5.40. The van der Waals surface area contributed by atoms with E-state index in [1.54, 1.807) is 18.2 Å². The highest BCUT2D eigenvalue weighted by atomic mass is 35.5. The van der Waals surface area contributed by atoms with Gasteiger partial charge in [0.25, 0.3) is 0 Å². The summed E-state index contributed by atoms with van der Waals surface area (Å²) in [5.74, 6) is 0.861. The van der Waals surface area contributed by atoms with Crippen molar-refractivity contribution in [3.63, 3.8) is 0 Å². The minimum Gasteiger partial charge on any atom is -0.490 e. The summed E-state index contributed by atoms with van der Waals surface area (Å²) in [6, 6.07) is 8.00. The summed E-state index contributed by atoms with van der Waals surface area (Å²) in [5.41, 5.74) is 0.505. The van der Waals surface area contributed by atoms with E-state index in [2.05, 4.69) is 5.32 Å². The summed E-state index contributed by atoms with van der Waals surface area (Å²) in [7, 11) is 1.39. The molecule has 7 heteroatoms. The largest absolute Gasteiger partial charge is 0.490 e. The van der Waals surface area contributed by atoms with Gasteiger partial charge < -0.3 is 14.5 Å². The number of methoxy groups -OCH3 is 1. The predicted molar refractivity (Wildman–Crippen MR) is 70.7 cm³/mol. The third-order valence-corrected chi connectivity index (χ3v) is 2.67. The molecule has 1 aromatic heterocycles. The van der Waals surface area contributed by atoms with Gasteiger partial charge >= 0.3 is 5.69 Å². The molecule has 0 amide bonds. The molecule has 0 fully saturated rings. The Balaban J connectivity index is 2.12. The van der Waals surface area contributed by atoms with Crippen molar-refractivity contribution >= 4 is 23.0 Å². The van der Waals surface area contributed by atoms with Gasteiger partial charge in [-0.1, -0.05) is 0 Å². The molecule has 0 radical (unpaired) electrons. The second-order valence-electron chi connectivity index (χ2n) is 3.70. The Morgan fingerprint density at radius 1 is 1.42 bits per heavy atom. The van der Waals surface area contributed by atoms with Crippen molar-refractivity contribution in [1.29, 1.82) is 0 Å². The van der Waals surface area contributed by atoms with E-state index in [4.69, 9.17) is 20.8 Å². The minimum atomic E-state index is -0.492. The molecule has 0 aliphatic heterocycles. The number of halogens is 1.